The van der Waals surface area contributed by atoms with Crippen LogP contribution in [0.15, 0.2) is 24.3 Å². The number of hydroxylamine groups is 1. The molecule has 1 N–H and O–H groups in total. The van der Waals surface area contributed by atoms with Gasteiger partial charge >= 0.3 is 0 Å². The van der Waals surface area contributed by atoms with E-state index in [0.29, 0.717) is 6.54 Å². The lowest BCUT2D eigenvalue weighted by Gasteiger charge is -2.19. The lowest BCUT2D eigenvalue weighted by molar-refractivity contribution is -0.384. The van der Waals surface area contributed by atoms with Crippen molar-refractivity contribution >= 4 is 5.69 Å². The zero-order chi connectivity index (χ0) is 12.9. The minimum absolute atomic E-state index is 0.118. The van der Waals surface area contributed by atoms with Crippen LogP contribution in [0.25, 0.3) is 0 Å². The molecule has 1 rings (SSSR count). The smallest absolute Gasteiger partial charge is 0.269 e. The summed E-state index contributed by atoms with van der Waals surface area (Å²) in [5.41, 5.74) is 3.82. The maximum atomic E-state index is 10.5. The summed E-state index contributed by atoms with van der Waals surface area (Å²) in [4.78, 5) is 15.4. The fourth-order valence-electron chi connectivity index (χ4n) is 1.25. The Balaban J connectivity index is 2.35. The van der Waals surface area contributed by atoms with E-state index in [1.165, 1.54) is 12.1 Å². The van der Waals surface area contributed by atoms with E-state index in [2.05, 4.69) is 5.48 Å². The Morgan fingerprint density at radius 3 is 2.35 bits per heavy atom. The summed E-state index contributed by atoms with van der Waals surface area (Å²) in [5.74, 6) is 0. The second-order valence-corrected chi connectivity index (χ2v) is 4.78. The summed E-state index contributed by atoms with van der Waals surface area (Å²) < 4.78 is 0. The van der Waals surface area contributed by atoms with Crippen molar-refractivity contribution in [3.8, 4) is 0 Å². The van der Waals surface area contributed by atoms with Crippen LogP contribution in [0.4, 0.5) is 5.69 Å². The fraction of sp³-hybridized carbons (Fsp3) is 0.500. The van der Waals surface area contributed by atoms with Gasteiger partial charge in [0.1, 0.15) is 0 Å². The summed E-state index contributed by atoms with van der Waals surface area (Å²) in [6.45, 7) is 6.57. The zero-order valence-corrected chi connectivity index (χ0v) is 10.4. The largest absolute Gasteiger partial charge is 0.296 e. The van der Waals surface area contributed by atoms with Gasteiger partial charge in [0.05, 0.1) is 10.5 Å². The van der Waals surface area contributed by atoms with Gasteiger partial charge in [0.25, 0.3) is 5.69 Å². The van der Waals surface area contributed by atoms with E-state index in [0.717, 1.165) is 12.0 Å². The van der Waals surface area contributed by atoms with Gasteiger partial charge in [-0.15, -0.1) is 0 Å². The molecule has 0 spiro atoms. The summed E-state index contributed by atoms with van der Waals surface area (Å²) in [7, 11) is 0. The average molecular weight is 238 g/mol. The van der Waals surface area contributed by atoms with Crippen molar-refractivity contribution in [1.29, 1.82) is 0 Å². The second kappa shape index (κ2) is 5.75. The molecule has 0 bridgehead atoms. The van der Waals surface area contributed by atoms with Crippen molar-refractivity contribution in [3.63, 3.8) is 0 Å². The van der Waals surface area contributed by atoms with Crippen LogP contribution >= 0.6 is 0 Å². The molecular weight excluding hydrogens is 220 g/mol. The highest BCUT2D eigenvalue weighted by molar-refractivity contribution is 5.32. The van der Waals surface area contributed by atoms with Gasteiger partial charge < -0.3 is 0 Å². The molecule has 17 heavy (non-hydrogen) atoms. The Kier molecular flexibility index (Phi) is 4.60. The number of nitrogens with zero attached hydrogens (tertiary/aromatic N) is 1. The van der Waals surface area contributed by atoms with E-state index in [4.69, 9.17) is 4.84 Å². The van der Waals surface area contributed by atoms with E-state index >= 15 is 0 Å². The zero-order valence-electron chi connectivity index (χ0n) is 10.4. The van der Waals surface area contributed by atoms with Gasteiger partial charge in [-0.1, -0.05) is 12.1 Å². The van der Waals surface area contributed by atoms with Gasteiger partial charge in [-0.3, -0.25) is 15.0 Å². The highest BCUT2D eigenvalue weighted by Gasteiger charge is 2.09. The maximum absolute atomic E-state index is 10.5. The van der Waals surface area contributed by atoms with Crippen molar-refractivity contribution in [3.05, 3.63) is 39.9 Å². The molecule has 0 aliphatic rings. The SMILES string of the molecule is CC(C)(C)ONCCc1ccc([N+](=O)[O-])cc1. The van der Waals surface area contributed by atoms with E-state index in [9.17, 15) is 10.1 Å². The van der Waals surface area contributed by atoms with Crippen LogP contribution in [-0.4, -0.2) is 17.1 Å². The fourth-order valence-corrected chi connectivity index (χ4v) is 1.25. The summed E-state index contributed by atoms with van der Waals surface area (Å²) in [5, 5.41) is 10.5. The predicted molar refractivity (Wildman–Crippen MR) is 65.6 cm³/mol. The first kappa shape index (κ1) is 13.6. The molecule has 0 saturated carbocycles. The van der Waals surface area contributed by atoms with E-state index < -0.39 is 4.92 Å². The van der Waals surface area contributed by atoms with Gasteiger partial charge in [0.15, 0.2) is 0 Å². The minimum Gasteiger partial charge on any atom is -0.296 e. The normalized spacial score (nSPS) is 11.5. The molecule has 94 valence electrons. The Morgan fingerprint density at radius 1 is 1.29 bits per heavy atom. The van der Waals surface area contributed by atoms with E-state index in [1.807, 2.05) is 20.8 Å². The first-order chi connectivity index (χ1) is 7.88. The van der Waals surface area contributed by atoms with Crippen LogP contribution in [0, 0.1) is 10.1 Å². The lowest BCUT2D eigenvalue weighted by atomic mass is 10.1. The number of nitro benzene ring substituents is 1. The van der Waals surface area contributed by atoms with Gasteiger partial charge in [0.2, 0.25) is 0 Å². The van der Waals surface area contributed by atoms with Crippen molar-refractivity contribution in [2.75, 3.05) is 6.54 Å². The number of nitro groups is 1. The van der Waals surface area contributed by atoms with E-state index in [-0.39, 0.29) is 11.3 Å². The summed E-state index contributed by atoms with van der Waals surface area (Å²) >= 11 is 0. The van der Waals surface area contributed by atoms with Gasteiger partial charge in [-0.2, -0.15) is 0 Å². The third-order valence-electron chi connectivity index (χ3n) is 2.04. The van der Waals surface area contributed by atoms with Crippen molar-refractivity contribution in [2.45, 2.75) is 32.8 Å². The van der Waals surface area contributed by atoms with Crippen LogP contribution in [0.3, 0.4) is 0 Å². The average Bonchev–Trinajstić information content (AvgIpc) is 2.24. The molecule has 1 aromatic carbocycles. The number of rotatable bonds is 5. The molecule has 0 aromatic heterocycles. The van der Waals surface area contributed by atoms with Crippen LogP contribution in [0.1, 0.15) is 26.3 Å². The molecule has 5 heteroatoms. The quantitative estimate of drug-likeness (QED) is 0.486. The van der Waals surface area contributed by atoms with Gasteiger partial charge in [-0.25, -0.2) is 5.48 Å². The number of hydrogen-bond acceptors (Lipinski definition) is 4. The van der Waals surface area contributed by atoms with Crippen molar-refractivity contribution in [2.24, 2.45) is 0 Å². The molecule has 0 saturated heterocycles. The Morgan fingerprint density at radius 2 is 1.88 bits per heavy atom. The molecular formula is C12H18N2O3. The number of hydrogen-bond donors (Lipinski definition) is 1. The van der Waals surface area contributed by atoms with Crippen LogP contribution in [-0.2, 0) is 11.3 Å². The molecule has 0 unspecified atom stereocenters. The second-order valence-electron chi connectivity index (χ2n) is 4.78. The molecule has 0 radical (unpaired) electrons. The van der Waals surface area contributed by atoms with Crippen LogP contribution in [0.5, 0.6) is 0 Å². The standard InChI is InChI=1S/C12H18N2O3/c1-12(2,3)17-13-9-8-10-4-6-11(7-5-10)14(15)16/h4-7,13H,8-9H2,1-3H3. The number of benzene rings is 1. The molecule has 0 heterocycles. The third-order valence-corrected chi connectivity index (χ3v) is 2.04. The molecule has 5 nitrogen and oxygen atoms in total. The van der Waals surface area contributed by atoms with Crippen LogP contribution in [0.2, 0.25) is 0 Å². The molecule has 0 atom stereocenters. The molecule has 0 amide bonds. The van der Waals surface area contributed by atoms with Crippen molar-refractivity contribution in [1.82, 2.24) is 5.48 Å². The van der Waals surface area contributed by atoms with Gasteiger partial charge in [-0.05, 0) is 32.8 Å². The number of nitrogens with one attached hydrogen (secondary N) is 1. The predicted octanol–water partition coefficient (Wildman–Crippen LogP) is 2.46. The molecule has 1 aromatic rings. The first-order valence-corrected chi connectivity index (χ1v) is 5.53. The number of non-ortho nitro benzene ring substituents is 1. The van der Waals surface area contributed by atoms with Gasteiger partial charge in [0, 0.05) is 18.7 Å². The topological polar surface area (TPSA) is 64.4 Å². The minimum atomic E-state index is -0.398. The summed E-state index contributed by atoms with van der Waals surface area (Å²) in [6, 6.07) is 6.55. The van der Waals surface area contributed by atoms with Crippen LogP contribution < -0.4 is 5.48 Å². The highest BCUT2D eigenvalue weighted by atomic mass is 16.7. The highest BCUT2D eigenvalue weighted by Crippen LogP contribution is 2.12. The molecule has 0 aliphatic carbocycles. The maximum Gasteiger partial charge on any atom is 0.269 e. The first-order valence-electron chi connectivity index (χ1n) is 5.53. The van der Waals surface area contributed by atoms with Crippen molar-refractivity contribution < 1.29 is 9.76 Å². The monoisotopic (exact) mass is 238 g/mol. The Labute approximate surface area is 101 Å². The Hall–Kier alpha value is -1.46. The van der Waals surface area contributed by atoms with E-state index in [1.54, 1.807) is 12.1 Å². The Bertz CT molecular complexity index is 368. The summed E-state index contributed by atoms with van der Waals surface area (Å²) in [6.07, 6.45) is 0.772. The lowest BCUT2D eigenvalue weighted by Crippen LogP contribution is -2.30. The molecule has 0 aliphatic heterocycles. The molecule has 0 fully saturated rings. The third kappa shape index (κ3) is 5.42.